The summed E-state index contributed by atoms with van der Waals surface area (Å²) in [5.74, 6) is -0.903. The van der Waals surface area contributed by atoms with Crippen LogP contribution in [0.1, 0.15) is 323 Å². The molecular weight excluding hydrogens is 1010 g/mol. The minimum atomic E-state index is -0.793. The molecule has 0 aromatic heterocycles. The van der Waals surface area contributed by atoms with E-state index in [4.69, 9.17) is 14.2 Å². The Balaban J connectivity index is 4.28. The van der Waals surface area contributed by atoms with Crippen molar-refractivity contribution in [2.45, 2.75) is 329 Å². The van der Waals surface area contributed by atoms with Crippen LogP contribution in [0.4, 0.5) is 0 Å². The molecule has 0 radical (unpaired) electrons. The van der Waals surface area contributed by atoms with E-state index in [1.807, 2.05) is 0 Å². The molecule has 0 aliphatic carbocycles. The molecule has 0 rings (SSSR count). The maximum absolute atomic E-state index is 12.9. The van der Waals surface area contributed by atoms with E-state index in [-0.39, 0.29) is 31.1 Å². The van der Waals surface area contributed by atoms with Gasteiger partial charge in [0.15, 0.2) is 6.10 Å². The maximum atomic E-state index is 12.9. The number of hydrogen-bond donors (Lipinski definition) is 0. The Labute approximate surface area is 507 Å². The Morgan fingerprint density at radius 1 is 0.256 bits per heavy atom. The van der Waals surface area contributed by atoms with Crippen molar-refractivity contribution in [2.75, 3.05) is 13.2 Å². The van der Waals surface area contributed by atoms with Crippen LogP contribution in [0.25, 0.3) is 0 Å². The number of hydrogen-bond acceptors (Lipinski definition) is 6. The summed E-state index contributed by atoms with van der Waals surface area (Å²) >= 11 is 0. The highest BCUT2D eigenvalue weighted by Gasteiger charge is 2.19. The molecule has 468 valence electrons. The average molecular weight is 1140 g/mol. The lowest BCUT2D eigenvalue weighted by atomic mass is 10.0. The highest BCUT2D eigenvalue weighted by Crippen LogP contribution is 2.16. The van der Waals surface area contributed by atoms with Gasteiger partial charge in [-0.2, -0.15) is 0 Å². The lowest BCUT2D eigenvalue weighted by Crippen LogP contribution is -2.30. The van der Waals surface area contributed by atoms with Gasteiger partial charge in [0, 0.05) is 19.3 Å². The molecule has 6 heteroatoms. The molecule has 0 aromatic carbocycles. The number of unbranched alkanes of at least 4 members (excludes halogenated alkanes) is 31. The summed E-state index contributed by atoms with van der Waals surface area (Å²) in [5, 5.41) is 0. The molecular formula is C76H128O6. The number of esters is 3. The first-order valence-electron chi connectivity index (χ1n) is 34.5. The van der Waals surface area contributed by atoms with E-state index in [9.17, 15) is 14.4 Å². The number of carbonyl (C=O) groups is 3. The molecule has 0 amide bonds. The maximum Gasteiger partial charge on any atom is 0.306 e. The van der Waals surface area contributed by atoms with E-state index in [0.29, 0.717) is 19.3 Å². The van der Waals surface area contributed by atoms with Crippen molar-refractivity contribution in [3.05, 3.63) is 122 Å². The van der Waals surface area contributed by atoms with Gasteiger partial charge in [-0.1, -0.05) is 290 Å². The summed E-state index contributed by atoms with van der Waals surface area (Å²) in [7, 11) is 0. The SMILES string of the molecule is CC/C=C\C/C=C\C/C=C\C/C=C\C/C=C\C/C=C\CCCCCCCCCCCCCCC(=O)OCC(COC(=O)CCCCCCC/C=C\CCCCC)OC(=O)CCCCCCCC/C=C\C/C=C\C/C=C\CCCCCCC. The molecule has 0 aromatic rings. The van der Waals surface area contributed by atoms with Crippen molar-refractivity contribution in [3.8, 4) is 0 Å². The molecule has 0 N–H and O–H groups in total. The second-order valence-electron chi connectivity index (χ2n) is 22.7. The third-order valence-corrected chi connectivity index (χ3v) is 14.7. The fraction of sp³-hybridized carbons (Fsp3) is 0.697. The lowest BCUT2D eigenvalue weighted by Gasteiger charge is -2.18. The van der Waals surface area contributed by atoms with Gasteiger partial charge in [-0.15, -0.1) is 0 Å². The number of ether oxygens (including phenoxy) is 3. The summed E-state index contributed by atoms with van der Waals surface area (Å²) in [6.45, 7) is 6.49. The Morgan fingerprint density at radius 3 is 0.780 bits per heavy atom. The number of rotatable bonds is 62. The molecule has 82 heavy (non-hydrogen) atoms. The van der Waals surface area contributed by atoms with E-state index in [1.54, 1.807) is 0 Å². The van der Waals surface area contributed by atoms with E-state index in [2.05, 4.69) is 142 Å². The second-order valence-corrected chi connectivity index (χ2v) is 22.7. The van der Waals surface area contributed by atoms with Crippen molar-refractivity contribution >= 4 is 17.9 Å². The van der Waals surface area contributed by atoms with E-state index >= 15 is 0 Å². The van der Waals surface area contributed by atoms with Crippen molar-refractivity contribution < 1.29 is 28.6 Å². The van der Waals surface area contributed by atoms with E-state index in [0.717, 1.165) is 128 Å². The zero-order valence-corrected chi connectivity index (χ0v) is 53.7. The zero-order chi connectivity index (χ0) is 59.2. The van der Waals surface area contributed by atoms with E-state index in [1.165, 1.54) is 154 Å². The van der Waals surface area contributed by atoms with Crippen LogP contribution in [-0.4, -0.2) is 37.2 Å². The van der Waals surface area contributed by atoms with Crippen molar-refractivity contribution in [1.82, 2.24) is 0 Å². The summed E-state index contributed by atoms with van der Waals surface area (Å²) in [6, 6.07) is 0. The normalized spacial score (nSPS) is 12.9. The molecule has 0 heterocycles. The molecule has 0 aliphatic rings. The van der Waals surface area contributed by atoms with Gasteiger partial charge in [-0.05, 0) is 135 Å². The first-order chi connectivity index (χ1) is 40.5. The van der Waals surface area contributed by atoms with E-state index < -0.39 is 6.10 Å². The fourth-order valence-electron chi connectivity index (χ4n) is 9.51. The van der Waals surface area contributed by atoms with Gasteiger partial charge < -0.3 is 14.2 Å². The third kappa shape index (κ3) is 66.6. The second kappa shape index (κ2) is 69.3. The monoisotopic (exact) mass is 1140 g/mol. The summed E-state index contributed by atoms with van der Waals surface area (Å²) in [5.41, 5.74) is 0. The highest BCUT2D eigenvalue weighted by molar-refractivity contribution is 5.71. The van der Waals surface area contributed by atoms with Crippen molar-refractivity contribution in [3.63, 3.8) is 0 Å². The van der Waals surface area contributed by atoms with Crippen LogP contribution in [0.5, 0.6) is 0 Å². The zero-order valence-electron chi connectivity index (χ0n) is 53.7. The molecule has 0 bridgehead atoms. The molecule has 0 saturated heterocycles. The predicted octanol–water partition coefficient (Wildman–Crippen LogP) is 23.9. The van der Waals surface area contributed by atoms with Crippen molar-refractivity contribution in [2.24, 2.45) is 0 Å². The van der Waals surface area contributed by atoms with Crippen LogP contribution in [0.15, 0.2) is 122 Å². The minimum Gasteiger partial charge on any atom is -0.462 e. The molecule has 0 saturated carbocycles. The van der Waals surface area contributed by atoms with Crippen LogP contribution < -0.4 is 0 Å². The minimum absolute atomic E-state index is 0.0875. The van der Waals surface area contributed by atoms with Crippen molar-refractivity contribution in [1.29, 1.82) is 0 Å². The molecule has 0 spiro atoms. The van der Waals surface area contributed by atoms with Crippen LogP contribution in [0.3, 0.4) is 0 Å². The van der Waals surface area contributed by atoms with Crippen LogP contribution in [0.2, 0.25) is 0 Å². The summed E-state index contributed by atoms with van der Waals surface area (Å²) < 4.78 is 16.9. The quantitative estimate of drug-likeness (QED) is 0.0261. The Hall–Kier alpha value is -4.19. The topological polar surface area (TPSA) is 78.9 Å². The smallest absolute Gasteiger partial charge is 0.306 e. The number of carbonyl (C=O) groups excluding carboxylic acids is 3. The van der Waals surface area contributed by atoms with Gasteiger partial charge in [0.1, 0.15) is 13.2 Å². The van der Waals surface area contributed by atoms with Gasteiger partial charge in [0.25, 0.3) is 0 Å². The molecule has 0 fully saturated rings. The lowest BCUT2D eigenvalue weighted by molar-refractivity contribution is -0.167. The van der Waals surface area contributed by atoms with Gasteiger partial charge in [-0.3, -0.25) is 14.4 Å². The average Bonchev–Trinajstić information content (AvgIpc) is 3.47. The number of allylic oxidation sites excluding steroid dienone is 20. The molecule has 6 nitrogen and oxygen atoms in total. The van der Waals surface area contributed by atoms with Gasteiger partial charge >= 0.3 is 17.9 Å². The van der Waals surface area contributed by atoms with Gasteiger partial charge in [0.2, 0.25) is 0 Å². The Kier molecular flexibility index (Phi) is 65.8. The van der Waals surface area contributed by atoms with Crippen LogP contribution >= 0.6 is 0 Å². The largest absolute Gasteiger partial charge is 0.462 e. The fourth-order valence-corrected chi connectivity index (χ4v) is 9.51. The summed E-state index contributed by atoms with van der Waals surface area (Å²) in [6.07, 6.45) is 96.4. The van der Waals surface area contributed by atoms with Gasteiger partial charge in [-0.25, -0.2) is 0 Å². The van der Waals surface area contributed by atoms with Crippen LogP contribution in [0, 0.1) is 0 Å². The third-order valence-electron chi connectivity index (χ3n) is 14.7. The van der Waals surface area contributed by atoms with Crippen LogP contribution in [-0.2, 0) is 28.6 Å². The molecule has 1 unspecified atom stereocenters. The molecule has 1 atom stereocenters. The van der Waals surface area contributed by atoms with Gasteiger partial charge in [0.05, 0.1) is 0 Å². The first kappa shape index (κ1) is 77.8. The predicted molar refractivity (Wildman–Crippen MR) is 357 cm³/mol. The first-order valence-corrected chi connectivity index (χ1v) is 34.5. The standard InChI is InChI=1S/C76H128O6/c1-4-7-10-13-16-19-22-25-27-29-31-33-34-35-36-37-38-39-40-41-42-44-45-47-49-51-54-57-60-63-66-69-75(78)81-72-73(71-80-74(77)68-65-62-59-56-53-24-21-18-15-12-9-6-3)82-76(79)70-67-64-61-58-55-52-50-48-46-43-32-30-28-26-23-20-17-14-11-8-5-2/h7,10,16,18-19,21,23,25-27,30-33,35-36,38-39,46,48,73H,4-6,8-9,11-15,17,20,22,24,28-29,34,37,40-45,47,49-72H2,1-3H3/b10-7-,19-16-,21-18-,26-23-,27-25-,32-30-,33-31-,36-35-,39-38-,48-46-. The Morgan fingerprint density at radius 2 is 0.476 bits per heavy atom. The molecule has 0 aliphatic heterocycles. The Bertz CT molecular complexity index is 1690. The summed E-state index contributed by atoms with van der Waals surface area (Å²) in [4.78, 5) is 38.4. The highest BCUT2D eigenvalue weighted by atomic mass is 16.6.